The zero-order valence-corrected chi connectivity index (χ0v) is 12.8. The molecule has 0 radical (unpaired) electrons. The quantitative estimate of drug-likeness (QED) is 0.919. The first kappa shape index (κ1) is 14.9. The summed E-state index contributed by atoms with van der Waals surface area (Å²) in [6, 6.07) is 4.55. The van der Waals surface area contributed by atoms with Crippen molar-refractivity contribution in [2.24, 2.45) is 0 Å². The number of nitrogens with one attached hydrogen (secondary N) is 1. The largest absolute Gasteiger partial charge is 0.444 e. The van der Waals surface area contributed by atoms with Crippen LogP contribution < -0.4 is 5.32 Å². The van der Waals surface area contributed by atoms with E-state index in [1.165, 1.54) is 5.69 Å². The molecule has 5 heteroatoms. The molecule has 0 saturated carbocycles. The van der Waals surface area contributed by atoms with E-state index in [1.54, 1.807) is 4.90 Å². The zero-order chi connectivity index (χ0) is 14.8. The van der Waals surface area contributed by atoms with E-state index in [4.69, 9.17) is 4.74 Å². The number of hydrogen-bond donors (Lipinski definition) is 1. The first-order chi connectivity index (χ1) is 9.39. The minimum atomic E-state index is -0.419. The zero-order valence-electron chi connectivity index (χ0n) is 12.8. The maximum atomic E-state index is 11.8. The Balaban J connectivity index is 1.71. The molecule has 0 atom stereocenters. The summed E-state index contributed by atoms with van der Waals surface area (Å²) in [6.45, 7) is 11.1. The highest BCUT2D eigenvalue weighted by molar-refractivity contribution is 5.69. The Morgan fingerprint density at radius 1 is 1.45 bits per heavy atom. The van der Waals surface area contributed by atoms with Crippen LogP contribution >= 0.6 is 0 Å². The van der Waals surface area contributed by atoms with E-state index in [2.05, 4.69) is 35.1 Å². The second-order valence-corrected chi connectivity index (χ2v) is 6.25. The lowest BCUT2D eigenvalue weighted by Crippen LogP contribution is -2.60. The van der Waals surface area contributed by atoms with Crippen LogP contribution in [0.2, 0.25) is 0 Å². The third-order valence-electron chi connectivity index (χ3n) is 3.37. The van der Waals surface area contributed by atoms with Crippen LogP contribution in [0.25, 0.3) is 0 Å². The number of carbonyl (C=O) groups excluding carboxylic acids is 1. The van der Waals surface area contributed by atoms with Crippen molar-refractivity contribution in [3.05, 3.63) is 24.0 Å². The average molecular weight is 279 g/mol. The van der Waals surface area contributed by atoms with Crippen LogP contribution in [0.4, 0.5) is 4.79 Å². The van der Waals surface area contributed by atoms with Crippen molar-refractivity contribution in [1.29, 1.82) is 0 Å². The van der Waals surface area contributed by atoms with Gasteiger partial charge < -0.3 is 19.5 Å². The summed E-state index contributed by atoms with van der Waals surface area (Å²) in [5, 5.41) is 3.47. The lowest BCUT2D eigenvalue weighted by molar-refractivity contribution is 0.00514. The maximum absolute atomic E-state index is 11.8. The van der Waals surface area contributed by atoms with Crippen LogP contribution in [-0.4, -0.2) is 40.3 Å². The van der Waals surface area contributed by atoms with Crippen molar-refractivity contribution in [2.45, 2.75) is 52.4 Å². The molecule has 1 aliphatic heterocycles. The lowest BCUT2D eigenvalue weighted by Gasteiger charge is -2.40. The van der Waals surface area contributed by atoms with Crippen LogP contribution in [0, 0.1) is 0 Å². The second kappa shape index (κ2) is 5.87. The van der Waals surface area contributed by atoms with E-state index in [-0.39, 0.29) is 6.09 Å². The van der Waals surface area contributed by atoms with Gasteiger partial charge in [-0.15, -0.1) is 0 Å². The predicted octanol–water partition coefficient (Wildman–Crippen LogP) is 2.22. The molecule has 0 unspecified atom stereocenters. The van der Waals surface area contributed by atoms with E-state index in [1.807, 2.05) is 20.8 Å². The highest BCUT2D eigenvalue weighted by atomic mass is 16.6. The Hall–Kier alpha value is -1.49. The number of aromatic nitrogens is 1. The van der Waals surface area contributed by atoms with Crippen molar-refractivity contribution in [3.8, 4) is 0 Å². The smallest absolute Gasteiger partial charge is 0.410 e. The molecule has 1 aromatic heterocycles. The van der Waals surface area contributed by atoms with Gasteiger partial charge >= 0.3 is 6.09 Å². The minimum absolute atomic E-state index is 0.215. The first-order valence-electron chi connectivity index (χ1n) is 7.24. The molecule has 112 valence electrons. The Kier molecular flexibility index (Phi) is 4.38. The highest BCUT2D eigenvalue weighted by Crippen LogP contribution is 2.15. The lowest BCUT2D eigenvalue weighted by atomic mass is 10.1. The number of likely N-dealkylation sites (tertiary alicyclic amines) is 1. The van der Waals surface area contributed by atoms with Gasteiger partial charge in [0.05, 0.1) is 0 Å². The van der Waals surface area contributed by atoms with E-state index in [0.717, 1.165) is 26.2 Å². The summed E-state index contributed by atoms with van der Waals surface area (Å²) in [4.78, 5) is 13.5. The second-order valence-electron chi connectivity index (χ2n) is 6.25. The first-order valence-corrected chi connectivity index (χ1v) is 7.24. The number of carbonyl (C=O) groups is 1. The van der Waals surface area contributed by atoms with Gasteiger partial charge in [0.1, 0.15) is 5.60 Å². The van der Waals surface area contributed by atoms with Crippen molar-refractivity contribution < 1.29 is 9.53 Å². The van der Waals surface area contributed by atoms with E-state index < -0.39 is 5.60 Å². The molecule has 1 amide bonds. The monoisotopic (exact) mass is 279 g/mol. The van der Waals surface area contributed by atoms with Gasteiger partial charge in [0.15, 0.2) is 0 Å². The molecule has 1 saturated heterocycles. The molecule has 1 aromatic rings. The summed E-state index contributed by atoms with van der Waals surface area (Å²) in [7, 11) is 0. The average Bonchev–Trinajstić information content (AvgIpc) is 2.71. The van der Waals surface area contributed by atoms with Crippen LogP contribution in [0.3, 0.4) is 0 Å². The number of nitrogens with zero attached hydrogens (tertiary/aromatic N) is 2. The number of amides is 1. The van der Waals surface area contributed by atoms with E-state index in [0.29, 0.717) is 6.04 Å². The minimum Gasteiger partial charge on any atom is -0.444 e. The summed E-state index contributed by atoms with van der Waals surface area (Å²) in [6.07, 6.45) is 1.87. The van der Waals surface area contributed by atoms with E-state index >= 15 is 0 Å². The van der Waals surface area contributed by atoms with Gasteiger partial charge in [-0.05, 0) is 39.8 Å². The van der Waals surface area contributed by atoms with Crippen LogP contribution in [0.5, 0.6) is 0 Å². The summed E-state index contributed by atoms with van der Waals surface area (Å²) >= 11 is 0. The Morgan fingerprint density at radius 2 is 2.15 bits per heavy atom. The maximum Gasteiger partial charge on any atom is 0.410 e. The fraction of sp³-hybridized carbons (Fsp3) is 0.667. The summed E-state index contributed by atoms with van der Waals surface area (Å²) in [5.41, 5.74) is 0.862. The van der Waals surface area contributed by atoms with Gasteiger partial charge in [0, 0.05) is 44.1 Å². The number of hydrogen-bond acceptors (Lipinski definition) is 3. The Bertz CT molecular complexity index is 456. The molecule has 2 rings (SSSR count). The standard InChI is InChI=1S/C15H25N3O2/c1-5-17-8-6-7-13(17)9-16-12-10-18(11-12)14(19)20-15(2,3)4/h6-8,12,16H,5,9-11H2,1-4H3. The van der Waals surface area contributed by atoms with Gasteiger partial charge in [-0.3, -0.25) is 0 Å². The molecule has 0 bridgehead atoms. The molecule has 1 aliphatic rings. The Morgan fingerprint density at radius 3 is 2.75 bits per heavy atom. The van der Waals surface area contributed by atoms with Crippen LogP contribution in [0.1, 0.15) is 33.4 Å². The molecule has 2 heterocycles. The normalized spacial score (nSPS) is 16.1. The molecule has 1 N–H and O–H groups in total. The molecular weight excluding hydrogens is 254 g/mol. The van der Waals surface area contributed by atoms with Crippen molar-refractivity contribution in [1.82, 2.24) is 14.8 Å². The van der Waals surface area contributed by atoms with Crippen molar-refractivity contribution in [3.63, 3.8) is 0 Å². The fourth-order valence-corrected chi connectivity index (χ4v) is 2.25. The number of ether oxygens (including phenoxy) is 1. The summed E-state index contributed by atoms with van der Waals surface area (Å²) in [5.74, 6) is 0. The third kappa shape index (κ3) is 3.76. The molecule has 20 heavy (non-hydrogen) atoms. The molecule has 5 nitrogen and oxygen atoms in total. The fourth-order valence-electron chi connectivity index (χ4n) is 2.25. The van der Waals surface area contributed by atoms with Crippen molar-refractivity contribution >= 4 is 6.09 Å². The molecule has 0 spiro atoms. The van der Waals surface area contributed by atoms with Gasteiger partial charge in [-0.25, -0.2) is 4.79 Å². The van der Waals surface area contributed by atoms with Gasteiger partial charge in [-0.2, -0.15) is 0 Å². The van der Waals surface area contributed by atoms with Crippen molar-refractivity contribution in [2.75, 3.05) is 13.1 Å². The van der Waals surface area contributed by atoms with Gasteiger partial charge in [0.2, 0.25) is 0 Å². The summed E-state index contributed by atoms with van der Waals surface area (Å²) < 4.78 is 7.55. The molecule has 1 fully saturated rings. The molecule has 0 aromatic carbocycles. The van der Waals surface area contributed by atoms with Crippen LogP contribution in [-0.2, 0) is 17.8 Å². The molecule has 0 aliphatic carbocycles. The SMILES string of the molecule is CCn1cccc1CNC1CN(C(=O)OC(C)(C)C)C1. The number of rotatable bonds is 4. The van der Waals surface area contributed by atoms with E-state index in [9.17, 15) is 4.79 Å². The van der Waals surface area contributed by atoms with Gasteiger partial charge in [0.25, 0.3) is 0 Å². The third-order valence-corrected chi connectivity index (χ3v) is 3.37. The number of aryl methyl sites for hydroxylation is 1. The highest BCUT2D eigenvalue weighted by Gasteiger charge is 2.33. The molecular formula is C15H25N3O2. The van der Waals surface area contributed by atoms with Gasteiger partial charge in [-0.1, -0.05) is 0 Å². The predicted molar refractivity (Wildman–Crippen MR) is 78.5 cm³/mol. The van der Waals surface area contributed by atoms with Crippen LogP contribution in [0.15, 0.2) is 18.3 Å². The topological polar surface area (TPSA) is 46.5 Å². The Labute approximate surface area is 120 Å².